The molecule has 0 radical (unpaired) electrons. The van der Waals surface area contributed by atoms with Crippen LogP contribution in [-0.4, -0.2) is 22.4 Å². The maximum atomic E-state index is 12.5. The third-order valence-electron chi connectivity index (χ3n) is 3.90. The Morgan fingerprint density at radius 2 is 1.77 bits per heavy atom. The lowest BCUT2D eigenvalue weighted by atomic mass is 10.1. The molecule has 0 atom stereocenters. The highest BCUT2D eigenvalue weighted by Crippen LogP contribution is 2.12. The molecule has 1 amide bonds. The van der Waals surface area contributed by atoms with Crippen molar-refractivity contribution in [3.05, 3.63) is 83.2 Å². The lowest BCUT2D eigenvalue weighted by Crippen LogP contribution is -2.17. The van der Waals surface area contributed by atoms with E-state index in [2.05, 4.69) is 32.7 Å². The molecule has 26 heavy (non-hydrogen) atoms. The van der Waals surface area contributed by atoms with Crippen LogP contribution in [-0.2, 0) is 6.42 Å². The summed E-state index contributed by atoms with van der Waals surface area (Å²) in [7, 11) is 0. The van der Waals surface area contributed by atoms with E-state index in [9.17, 15) is 4.79 Å². The molecule has 5 heteroatoms. The van der Waals surface area contributed by atoms with Crippen molar-refractivity contribution in [2.45, 2.75) is 20.3 Å². The molecule has 5 nitrogen and oxygen atoms in total. The number of hydrogen-bond acceptors (Lipinski definition) is 4. The van der Waals surface area contributed by atoms with Crippen LogP contribution >= 0.6 is 0 Å². The lowest BCUT2D eigenvalue weighted by Gasteiger charge is -2.09. The lowest BCUT2D eigenvalue weighted by molar-refractivity contribution is 0.102. The fourth-order valence-electron chi connectivity index (χ4n) is 2.65. The topological polar surface area (TPSA) is 66.9 Å². The Hall–Kier alpha value is -3.21. The van der Waals surface area contributed by atoms with Crippen LogP contribution in [0.4, 0.5) is 11.6 Å². The van der Waals surface area contributed by atoms with Crippen LogP contribution in [0.25, 0.3) is 0 Å². The highest BCUT2D eigenvalue weighted by atomic mass is 16.1. The van der Waals surface area contributed by atoms with Gasteiger partial charge in [0.2, 0.25) is 5.95 Å². The SMILES string of the molecule is Cc1cccc(NC(=O)c2cc(C)nc(NCCc3ccccc3)n2)c1. The molecule has 0 bridgehead atoms. The molecule has 1 aromatic heterocycles. The van der Waals surface area contributed by atoms with Crippen molar-refractivity contribution in [1.82, 2.24) is 9.97 Å². The number of nitrogens with one attached hydrogen (secondary N) is 2. The smallest absolute Gasteiger partial charge is 0.274 e. The summed E-state index contributed by atoms with van der Waals surface area (Å²) in [5.74, 6) is 0.225. The summed E-state index contributed by atoms with van der Waals surface area (Å²) in [6, 6.07) is 19.6. The Bertz CT molecular complexity index is 894. The average molecular weight is 346 g/mol. The molecule has 1 heterocycles. The van der Waals surface area contributed by atoms with Crippen LogP contribution in [0.3, 0.4) is 0 Å². The maximum absolute atomic E-state index is 12.5. The monoisotopic (exact) mass is 346 g/mol. The number of anilines is 2. The largest absolute Gasteiger partial charge is 0.354 e. The van der Waals surface area contributed by atoms with Gasteiger partial charge >= 0.3 is 0 Å². The number of amides is 1. The zero-order valence-corrected chi connectivity index (χ0v) is 15.0. The standard InChI is InChI=1S/C21H22N4O/c1-15-7-6-10-18(13-15)24-20(26)19-14-16(2)23-21(25-19)22-12-11-17-8-4-3-5-9-17/h3-10,13-14H,11-12H2,1-2H3,(H,24,26)(H,22,23,25). The van der Waals surface area contributed by atoms with Crippen LogP contribution in [0, 0.1) is 13.8 Å². The quantitative estimate of drug-likeness (QED) is 0.708. The fraction of sp³-hybridized carbons (Fsp3) is 0.190. The van der Waals surface area contributed by atoms with Gasteiger partial charge in [-0.25, -0.2) is 9.97 Å². The summed E-state index contributed by atoms with van der Waals surface area (Å²) in [4.78, 5) is 21.2. The van der Waals surface area contributed by atoms with Gasteiger partial charge in [-0.1, -0.05) is 42.5 Å². The summed E-state index contributed by atoms with van der Waals surface area (Å²) in [5, 5.41) is 6.08. The Morgan fingerprint density at radius 3 is 2.54 bits per heavy atom. The zero-order chi connectivity index (χ0) is 18.4. The summed E-state index contributed by atoms with van der Waals surface area (Å²) in [6.07, 6.45) is 0.864. The number of benzene rings is 2. The van der Waals surface area contributed by atoms with Gasteiger partial charge in [0.1, 0.15) is 5.69 Å². The van der Waals surface area contributed by atoms with Crippen molar-refractivity contribution in [1.29, 1.82) is 0 Å². The minimum Gasteiger partial charge on any atom is -0.354 e. The van der Waals surface area contributed by atoms with Crippen LogP contribution in [0.2, 0.25) is 0 Å². The van der Waals surface area contributed by atoms with Crippen LogP contribution in [0.1, 0.15) is 27.3 Å². The second-order valence-corrected chi connectivity index (χ2v) is 6.20. The van der Waals surface area contributed by atoms with E-state index in [1.165, 1.54) is 5.56 Å². The molecular weight excluding hydrogens is 324 g/mol. The molecule has 3 rings (SSSR count). The van der Waals surface area contributed by atoms with Crippen molar-refractivity contribution in [2.75, 3.05) is 17.2 Å². The van der Waals surface area contributed by atoms with Crippen molar-refractivity contribution in [3.8, 4) is 0 Å². The molecule has 2 N–H and O–H groups in total. The summed E-state index contributed by atoms with van der Waals surface area (Å²) in [6.45, 7) is 4.54. The molecule has 0 aliphatic heterocycles. The molecule has 0 unspecified atom stereocenters. The minimum atomic E-state index is -0.243. The minimum absolute atomic E-state index is 0.243. The Kier molecular flexibility index (Phi) is 5.59. The van der Waals surface area contributed by atoms with Gasteiger partial charge in [0, 0.05) is 17.9 Å². The van der Waals surface area contributed by atoms with Crippen molar-refractivity contribution >= 4 is 17.5 Å². The van der Waals surface area contributed by atoms with Gasteiger partial charge in [0.15, 0.2) is 0 Å². The highest BCUT2D eigenvalue weighted by Gasteiger charge is 2.11. The first kappa shape index (κ1) is 17.6. The first-order valence-corrected chi connectivity index (χ1v) is 8.62. The van der Waals surface area contributed by atoms with Gasteiger partial charge in [-0.15, -0.1) is 0 Å². The predicted octanol–water partition coefficient (Wildman–Crippen LogP) is 4.00. The summed E-state index contributed by atoms with van der Waals surface area (Å²) in [5.41, 5.74) is 4.18. The van der Waals surface area contributed by atoms with Crippen LogP contribution in [0.5, 0.6) is 0 Å². The normalized spacial score (nSPS) is 10.4. The molecule has 0 spiro atoms. The summed E-state index contributed by atoms with van der Waals surface area (Å²) < 4.78 is 0. The van der Waals surface area contributed by atoms with E-state index in [1.54, 1.807) is 6.07 Å². The number of rotatable bonds is 6. The van der Waals surface area contributed by atoms with Crippen molar-refractivity contribution < 1.29 is 4.79 Å². The molecule has 132 valence electrons. The van der Waals surface area contributed by atoms with E-state index >= 15 is 0 Å². The van der Waals surface area contributed by atoms with Gasteiger partial charge in [-0.2, -0.15) is 0 Å². The molecule has 0 aliphatic rings. The number of aryl methyl sites for hydroxylation is 2. The van der Waals surface area contributed by atoms with E-state index in [1.807, 2.05) is 56.3 Å². The van der Waals surface area contributed by atoms with Crippen molar-refractivity contribution in [2.24, 2.45) is 0 Å². The number of carbonyl (C=O) groups excluding carboxylic acids is 1. The second kappa shape index (κ2) is 8.25. The van der Waals surface area contributed by atoms with Gasteiger partial charge in [-0.05, 0) is 49.6 Å². The van der Waals surface area contributed by atoms with E-state index in [4.69, 9.17) is 0 Å². The number of nitrogens with zero attached hydrogens (tertiary/aromatic N) is 2. The van der Waals surface area contributed by atoms with Crippen LogP contribution < -0.4 is 10.6 Å². The highest BCUT2D eigenvalue weighted by molar-refractivity contribution is 6.03. The van der Waals surface area contributed by atoms with E-state index in [-0.39, 0.29) is 5.91 Å². The predicted molar refractivity (Wildman–Crippen MR) is 105 cm³/mol. The average Bonchev–Trinajstić information content (AvgIpc) is 2.62. The van der Waals surface area contributed by atoms with Gasteiger partial charge in [0.25, 0.3) is 5.91 Å². The van der Waals surface area contributed by atoms with E-state index in [0.29, 0.717) is 18.2 Å². The Labute approximate surface area is 153 Å². The molecule has 0 saturated heterocycles. The summed E-state index contributed by atoms with van der Waals surface area (Å²) >= 11 is 0. The van der Waals surface area contributed by atoms with Gasteiger partial charge in [-0.3, -0.25) is 4.79 Å². The molecule has 0 saturated carbocycles. The molecule has 0 fully saturated rings. The zero-order valence-electron chi connectivity index (χ0n) is 15.0. The first-order chi connectivity index (χ1) is 12.6. The number of carbonyl (C=O) groups is 1. The van der Waals surface area contributed by atoms with E-state index in [0.717, 1.165) is 23.4 Å². The first-order valence-electron chi connectivity index (χ1n) is 8.62. The number of hydrogen-bond donors (Lipinski definition) is 2. The number of aromatic nitrogens is 2. The maximum Gasteiger partial charge on any atom is 0.274 e. The third-order valence-corrected chi connectivity index (χ3v) is 3.90. The fourth-order valence-corrected chi connectivity index (χ4v) is 2.65. The van der Waals surface area contributed by atoms with Crippen LogP contribution in [0.15, 0.2) is 60.7 Å². The molecule has 3 aromatic rings. The molecule has 0 aliphatic carbocycles. The van der Waals surface area contributed by atoms with E-state index < -0.39 is 0 Å². The molecular formula is C21H22N4O. The third kappa shape index (κ3) is 4.89. The van der Waals surface area contributed by atoms with Crippen molar-refractivity contribution in [3.63, 3.8) is 0 Å². The van der Waals surface area contributed by atoms with Gasteiger partial charge in [0.05, 0.1) is 0 Å². The molecule has 2 aromatic carbocycles. The Balaban J connectivity index is 1.65. The second-order valence-electron chi connectivity index (χ2n) is 6.20. The van der Waals surface area contributed by atoms with Gasteiger partial charge < -0.3 is 10.6 Å². The Morgan fingerprint density at radius 1 is 0.962 bits per heavy atom.